The number of rotatable bonds is 6. The summed E-state index contributed by atoms with van der Waals surface area (Å²) < 4.78 is 5.01. The first-order valence-corrected chi connectivity index (χ1v) is 9.55. The van der Waals surface area contributed by atoms with Crippen LogP contribution in [0.25, 0.3) is 0 Å². The second kappa shape index (κ2) is 9.19. The third-order valence-corrected chi connectivity index (χ3v) is 5.13. The smallest absolute Gasteiger partial charge is 0.338 e. The van der Waals surface area contributed by atoms with Crippen molar-refractivity contribution in [3.8, 4) is 0 Å². The Morgan fingerprint density at radius 3 is 2.43 bits per heavy atom. The first-order valence-electron chi connectivity index (χ1n) is 8.73. The van der Waals surface area contributed by atoms with Crippen LogP contribution in [0.2, 0.25) is 0 Å². The van der Waals surface area contributed by atoms with Gasteiger partial charge in [-0.1, -0.05) is 23.9 Å². The number of nitrogens with zero attached hydrogens (tertiary/aromatic N) is 1. The molecule has 142 valence electrons. The molecule has 0 fully saturated rings. The van der Waals surface area contributed by atoms with Crippen molar-refractivity contribution >= 4 is 29.3 Å². The number of hydrogen-bond donors (Lipinski definition) is 1. The molecule has 0 saturated heterocycles. The molecule has 0 aliphatic heterocycles. The van der Waals surface area contributed by atoms with Crippen LogP contribution >= 0.6 is 11.8 Å². The molecule has 1 heterocycles. The number of hydrogen-bond acceptors (Lipinski definition) is 5. The second-order valence-corrected chi connectivity index (χ2v) is 7.37. The molecule has 3 rings (SSSR count). The van der Waals surface area contributed by atoms with Gasteiger partial charge in [0.05, 0.1) is 5.56 Å². The van der Waals surface area contributed by atoms with E-state index >= 15 is 0 Å². The van der Waals surface area contributed by atoms with Gasteiger partial charge >= 0.3 is 5.97 Å². The van der Waals surface area contributed by atoms with Crippen molar-refractivity contribution in [3.05, 3.63) is 83.7 Å². The SMILES string of the molecule is Cc1ccc(C)c(Sc2ccc(NC(=O)COC(=O)c3ccncc3)cc2)c1. The summed E-state index contributed by atoms with van der Waals surface area (Å²) in [6, 6.07) is 17.0. The lowest BCUT2D eigenvalue weighted by atomic mass is 10.2. The molecule has 1 aromatic heterocycles. The fourth-order valence-electron chi connectivity index (χ4n) is 2.45. The van der Waals surface area contributed by atoms with E-state index in [0.717, 1.165) is 4.90 Å². The molecule has 0 atom stereocenters. The maximum absolute atomic E-state index is 12.0. The van der Waals surface area contributed by atoms with Crippen molar-refractivity contribution in [1.29, 1.82) is 0 Å². The van der Waals surface area contributed by atoms with Gasteiger partial charge in [-0.25, -0.2) is 4.79 Å². The third-order valence-electron chi connectivity index (χ3n) is 3.96. The standard InChI is InChI=1S/C22H20N2O3S/c1-15-3-4-16(2)20(13-15)28-19-7-5-18(6-8-19)24-21(25)14-27-22(26)17-9-11-23-12-10-17/h3-13H,14H2,1-2H3,(H,24,25). The van der Waals surface area contributed by atoms with Crippen molar-refractivity contribution in [3.63, 3.8) is 0 Å². The van der Waals surface area contributed by atoms with Gasteiger partial charge in [0.2, 0.25) is 0 Å². The second-order valence-electron chi connectivity index (χ2n) is 6.26. The summed E-state index contributed by atoms with van der Waals surface area (Å²) in [5.74, 6) is -0.949. The number of aromatic nitrogens is 1. The minimum Gasteiger partial charge on any atom is -0.452 e. The molecule has 0 saturated carbocycles. The van der Waals surface area contributed by atoms with Crippen LogP contribution in [0.4, 0.5) is 5.69 Å². The summed E-state index contributed by atoms with van der Waals surface area (Å²) in [5.41, 5.74) is 3.45. The normalized spacial score (nSPS) is 10.4. The van der Waals surface area contributed by atoms with Crippen LogP contribution in [0.15, 0.2) is 76.8 Å². The molecular weight excluding hydrogens is 372 g/mol. The molecule has 0 bridgehead atoms. The van der Waals surface area contributed by atoms with Crippen LogP contribution in [0, 0.1) is 13.8 Å². The number of carbonyl (C=O) groups is 2. The van der Waals surface area contributed by atoms with E-state index in [4.69, 9.17) is 4.74 Å². The first-order chi connectivity index (χ1) is 13.5. The number of carbonyl (C=O) groups excluding carboxylic acids is 2. The molecular formula is C22H20N2O3S. The molecule has 0 aliphatic carbocycles. The summed E-state index contributed by atoms with van der Waals surface area (Å²) >= 11 is 1.68. The molecule has 0 radical (unpaired) electrons. The van der Waals surface area contributed by atoms with E-state index in [1.165, 1.54) is 40.5 Å². The third kappa shape index (κ3) is 5.44. The van der Waals surface area contributed by atoms with Gasteiger partial charge in [-0.3, -0.25) is 9.78 Å². The van der Waals surface area contributed by atoms with Gasteiger partial charge in [0.25, 0.3) is 5.91 Å². The van der Waals surface area contributed by atoms with Crippen LogP contribution in [0.5, 0.6) is 0 Å². The minimum atomic E-state index is -0.558. The molecule has 6 heteroatoms. The van der Waals surface area contributed by atoms with Gasteiger partial charge < -0.3 is 10.1 Å². The topological polar surface area (TPSA) is 68.3 Å². The highest BCUT2D eigenvalue weighted by atomic mass is 32.2. The van der Waals surface area contributed by atoms with Crippen molar-refractivity contribution in [1.82, 2.24) is 4.98 Å². The van der Waals surface area contributed by atoms with Crippen molar-refractivity contribution in [2.45, 2.75) is 23.6 Å². The van der Waals surface area contributed by atoms with Crippen molar-refractivity contribution < 1.29 is 14.3 Å². The average molecular weight is 392 g/mol. The first kappa shape index (κ1) is 19.6. The zero-order valence-electron chi connectivity index (χ0n) is 15.6. The molecule has 2 aromatic carbocycles. The molecule has 0 aliphatic rings. The van der Waals surface area contributed by atoms with E-state index in [2.05, 4.69) is 42.3 Å². The van der Waals surface area contributed by atoms with Crippen LogP contribution in [-0.2, 0) is 9.53 Å². The summed E-state index contributed by atoms with van der Waals surface area (Å²) in [6.45, 7) is 3.81. The highest BCUT2D eigenvalue weighted by molar-refractivity contribution is 7.99. The number of anilines is 1. The Hall–Kier alpha value is -3.12. The largest absolute Gasteiger partial charge is 0.452 e. The van der Waals surface area contributed by atoms with E-state index in [1.807, 2.05) is 24.3 Å². The average Bonchev–Trinajstić information content (AvgIpc) is 2.71. The van der Waals surface area contributed by atoms with Crippen molar-refractivity contribution in [2.75, 3.05) is 11.9 Å². The predicted molar refractivity (Wildman–Crippen MR) is 110 cm³/mol. The molecule has 28 heavy (non-hydrogen) atoms. The number of ether oxygens (including phenoxy) is 1. The Bertz CT molecular complexity index is 973. The van der Waals surface area contributed by atoms with Gasteiger partial charge in [-0.2, -0.15) is 0 Å². The zero-order valence-corrected chi connectivity index (χ0v) is 16.5. The van der Waals surface area contributed by atoms with Gasteiger partial charge in [0, 0.05) is 27.9 Å². The highest BCUT2D eigenvalue weighted by Gasteiger charge is 2.10. The summed E-state index contributed by atoms with van der Waals surface area (Å²) in [5, 5.41) is 2.72. The van der Waals surface area contributed by atoms with Gasteiger partial charge in [-0.15, -0.1) is 0 Å². The number of pyridine rings is 1. The lowest BCUT2D eigenvalue weighted by molar-refractivity contribution is -0.119. The Morgan fingerprint density at radius 1 is 1.00 bits per heavy atom. The Balaban J connectivity index is 1.53. The fraction of sp³-hybridized carbons (Fsp3) is 0.136. The van der Waals surface area contributed by atoms with Gasteiger partial charge in [-0.05, 0) is 67.4 Å². The number of benzene rings is 2. The molecule has 5 nitrogen and oxygen atoms in total. The fourth-order valence-corrected chi connectivity index (χ4v) is 3.45. The molecule has 3 aromatic rings. The predicted octanol–water partition coefficient (Wildman–Crippen LogP) is 4.65. The van der Waals surface area contributed by atoms with Gasteiger partial charge in [0.15, 0.2) is 6.61 Å². The summed E-state index contributed by atoms with van der Waals surface area (Å²) in [4.78, 5) is 30.0. The van der Waals surface area contributed by atoms with Gasteiger partial charge in [0.1, 0.15) is 0 Å². The van der Waals surface area contributed by atoms with E-state index in [0.29, 0.717) is 11.3 Å². The lowest BCUT2D eigenvalue weighted by Gasteiger charge is -2.09. The zero-order chi connectivity index (χ0) is 19.9. The Morgan fingerprint density at radius 2 is 1.71 bits per heavy atom. The van der Waals surface area contributed by atoms with E-state index in [-0.39, 0.29) is 6.61 Å². The number of aryl methyl sites for hydroxylation is 2. The summed E-state index contributed by atoms with van der Waals surface area (Å²) in [6.07, 6.45) is 2.99. The Kier molecular flexibility index (Phi) is 6.45. The Labute approximate surface area is 168 Å². The molecule has 0 unspecified atom stereocenters. The van der Waals surface area contributed by atoms with E-state index < -0.39 is 11.9 Å². The van der Waals surface area contributed by atoms with Crippen LogP contribution in [0.3, 0.4) is 0 Å². The minimum absolute atomic E-state index is 0.347. The number of amides is 1. The van der Waals surface area contributed by atoms with Crippen LogP contribution in [0.1, 0.15) is 21.5 Å². The number of esters is 1. The lowest BCUT2D eigenvalue weighted by Crippen LogP contribution is -2.20. The molecule has 1 N–H and O–H groups in total. The van der Waals surface area contributed by atoms with Crippen molar-refractivity contribution in [2.24, 2.45) is 0 Å². The van der Waals surface area contributed by atoms with E-state index in [9.17, 15) is 9.59 Å². The summed E-state index contributed by atoms with van der Waals surface area (Å²) in [7, 11) is 0. The van der Waals surface area contributed by atoms with E-state index in [1.54, 1.807) is 11.8 Å². The van der Waals surface area contributed by atoms with Crippen LogP contribution < -0.4 is 5.32 Å². The molecule has 0 spiro atoms. The maximum atomic E-state index is 12.0. The van der Waals surface area contributed by atoms with Crippen LogP contribution in [-0.4, -0.2) is 23.5 Å². The monoisotopic (exact) mass is 392 g/mol. The number of nitrogens with one attached hydrogen (secondary N) is 1. The highest BCUT2D eigenvalue weighted by Crippen LogP contribution is 2.31. The maximum Gasteiger partial charge on any atom is 0.338 e. The molecule has 1 amide bonds. The quantitative estimate of drug-likeness (QED) is 0.619.